The Morgan fingerprint density at radius 3 is 2.60 bits per heavy atom. The Hall–Kier alpha value is -0.280. The average Bonchev–Trinajstić information content (AvgIpc) is 1.93. The van der Waals surface area contributed by atoms with E-state index < -0.39 is 11.6 Å². The van der Waals surface area contributed by atoms with E-state index in [1.54, 1.807) is 0 Å². The molecule has 0 aromatic heterocycles. The summed E-state index contributed by atoms with van der Waals surface area (Å²) < 4.78 is 12.7. The predicted octanol–water partition coefficient (Wildman–Crippen LogP) is 2.95. The molecule has 4 heteroatoms. The lowest BCUT2D eigenvalue weighted by Gasteiger charge is -1.98. The summed E-state index contributed by atoms with van der Waals surface area (Å²) in [5.41, 5.74) is 0. The number of hydrogen-bond donors (Lipinski definition) is 1. The lowest BCUT2D eigenvalue weighted by Crippen LogP contribution is -1.78. The Morgan fingerprint density at radius 2 is 2.10 bits per heavy atom. The first kappa shape index (κ1) is 7.82. The standard InChI is InChI=1S/C6H3BrClFO/c7-5-3(8)1-2-4(10)6(5)9/h1-2,10H. The molecule has 1 N–H and O–H groups in total. The van der Waals surface area contributed by atoms with Crippen molar-refractivity contribution in [2.75, 3.05) is 0 Å². The summed E-state index contributed by atoms with van der Waals surface area (Å²) >= 11 is 8.35. The van der Waals surface area contributed by atoms with Crippen molar-refractivity contribution >= 4 is 27.5 Å². The van der Waals surface area contributed by atoms with Crippen LogP contribution in [0.3, 0.4) is 0 Å². The smallest absolute Gasteiger partial charge is 0.180 e. The SMILES string of the molecule is Oc1ccc(Cl)c(Br)c1F. The number of halogens is 3. The van der Waals surface area contributed by atoms with Crippen molar-refractivity contribution < 1.29 is 9.50 Å². The second-order valence-corrected chi connectivity index (χ2v) is 2.89. The quantitative estimate of drug-likeness (QED) is 0.673. The van der Waals surface area contributed by atoms with Crippen LogP contribution in [0.4, 0.5) is 4.39 Å². The van der Waals surface area contributed by atoms with Gasteiger partial charge >= 0.3 is 0 Å². The molecule has 0 aliphatic heterocycles. The number of phenols is 1. The summed E-state index contributed by atoms with van der Waals surface area (Å²) in [6, 6.07) is 2.60. The zero-order valence-corrected chi connectivity index (χ0v) is 7.08. The number of hydrogen-bond acceptors (Lipinski definition) is 1. The van der Waals surface area contributed by atoms with Crippen LogP contribution in [0.25, 0.3) is 0 Å². The summed E-state index contributed by atoms with van der Waals surface area (Å²) in [4.78, 5) is 0. The summed E-state index contributed by atoms with van der Waals surface area (Å²) in [7, 11) is 0. The van der Waals surface area contributed by atoms with Crippen LogP contribution in [0.5, 0.6) is 5.75 Å². The second kappa shape index (κ2) is 2.76. The molecule has 0 aliphatic rings. The fraction of sp³-hybridized carbons (Fsp3) is 0. The van der Waals surface area contributed by atoms with Crippen molar-refractivity contribution in [1.29, 1.82) is 0 Å². The minimum Gasteiger partial charge on any atom is -0.505 e. The molecular weight excluding hydrogens is 222 g/mol. The Labute approximate surface area is 70.6 Å². The maximum Gasteiger partial charge on any atom is 0.180 e. The molecule has 0 radical (unpaired) electrons. The van der Waals surface area contributed by atoms with E-state index in [-0.39, 0.29) is 9.50 Å². The van der Waals surface area contributed by atoms with E-state index in [1.165, 1.54) is 12.1 Å². The highest BCUT2D eigenvalue weighted by atomic mass is 79.9. The molecule has 0 unspecified atom stereocenters. The summed E-state index contributed by atoms with van der Waals surface area (Å²) in [5.74, 6) is -1.14. The van der Waals surface area contributed by atoms with E-state index >= 15 is 0 Å². The molecular formula is C6H3BrClFO. The van der Waals surface area contributed by atoms with E-state index in [0.29, 0.717) is 0 Å². The van der Waals surface area contributed by atoms with Crippen molar-refractivity contribution in [1.82, 2.24) is 0 Å². The molecule has 1 nitrogen and oxygen atoms in total. The zero-order valence-electron chi connectivity index (χ0n) is 4.74. The molecule has 0 aliphatic carbocycles. The molecule has 0 saturated heterocycles. The minimum absolute atomic E-state index is 0.0918. The first-order chi connectivity index (χ1) is 4.63. The highest BCUT2D eigenvalue weighted by molar-refractivity contribution is 9.10. The van der Waals surface area contributed by atoms with Crippen LogP contribution in [0.15, 0.2) is 16.6 Å². The van der Waals surface area contributed by atoms with Gasteiger partial charge in [-0.05, 0) is 28.1 Å². The maximum absolute atomic E-state index is 12.6. The molecule has 1 aromatic rings. The van der Waals surface area contributed by atoms with Gasteiger partial charge in [-0.1, -0.05) is 11.6 Å². The van der Waals surface area contributed by atoms with Crippen LogP contribution in [0, 0.1) is 5.82 Å². The molecule has 0 atom stereocenters. The first-order valence-corrected chi connectivity index (χ1v) is 3.62. The minimum atomic E-state index is -0.729. The zero-order chi connectivity index (χ0) is 7.72. The third kappa shape index (κ3) is 1.25. The fourth-order valence-electron chi connectivity index (χ4n) is 0.516. The molecule has 0 spiro atoms. The molecule has 0 amide bonds. The molecule has 1 rings (SSSR count). The molecule has 0 bridgehead atoms. The van der Waals surface area contributed by atoms with E-state index in [4.69, 9.17) is 16.7 Å². The van der Waals surface area contributed by atoms with Crippen LogP contribution in [-0.4, -0.2) is 5.11 Å². The van der Waals surface area contributed by atoms with E-state index in [0.717, 1.165) is 0 Å². The van der Waals surface area contributed by atoms with Crippen molar-refractivity contribution in [2.45, 2.75) is 0 Å². The molecule has 0 heterocycles. The van der Waals surface area contributed by atoms with Gasteiger partial charge in [0, 0.05) is 0 Å². The highest BCUT2D eigenvalue weighted by Crippen LogP contribution is 2.30. The highest BCUT2D eigenvalue weighted by Gasteiger charge is 2.07. The van der Waals surface area contributed by atoms with E-state index in [2.05, 4.69) is 15.9 Å². The molecule has 1 aromatic carbocycles. The van der Waals surface area contributed by atoms with Gasteiger partial charge in [0.1, 0.15) is 0 Å². The molecule has 54 valence electrons. The normalized spacial score (nSPS) is 9.90. The predicted molar refractivity (Wildman–Crippen MR) is 40.8 cm³/mol. The fourth-order valence-corrected chi connectivity index (χ4v) is 0.997. The number of aromatic hydroxyl groups is 1. The van der Waals surface area contributed by atoms with E-state index in [9.17, 15) is 4.39 Å². The number of phenolic OH excluding ortho intramolecular Hbond substituents is 1. The second-order valence-electron chi connectivity index (χ2n) is 1.69. The summed E-state index contributed by atoms with van der Waals surface area (Å²) in [6.45, 7) is 0. The van der Waals surface area contributed by atoms with Crippen molar-refractivity contribution in [2.24, 2.45) is 0 Å². The number of rotatable bonds is 0. The number of benzene rings is 1. The van der Waals surface area contributed by atoms with Gasteiger partial charge in [0.25, 0.3) is 0 Å². The van der Waals surface area contributed by atoms with Crippen LogP contribution >= 0.6 is 27.5 Å². The van der Waals surface area contributed by atoms with E-state index in [1.807, 2.05) is 0 Å². The molecule has 0 fully saturated rings. The van der Waals surface area contributed by atoms with Crippen molar-refractivity contribution in [3.63, 3.8) is 0 Å². The monoisotopic (exact) mass is 224 g/mol. The maximum atomic E-state index is 12.6. The Kier molecular flexibility index (Phi) is 2.16. The largest absolute Gasteiger partial charge is 0.505 e. The third-order valence-electron chi connectivity index (χ3n) is 1.01. The van der Waals surface area contributed by atoms with Crippen LogP contribution < -0.4 is 0 Å². The summed E-state index contributed by atoms with van der Waals surface area (Å²) in [5, 5.41) is 9.01. The van der Waals surface area contributed by atoms with Gasteiger partial charge in [-0.3, -0.25) is 0 Å². The van der Waals surface area contributed by atoms with Crippen molar-refractivity contribution in [3.05, 3.63) is 27.4 Å². The third-order valence-corrected chi connectivity index (χ3v) is 2.33. The van der Waals surface area contributed by atoms with Crippen LogP contribution in [0.1, 0.15) is 0 Å². The lowest BCUT2D eigenvalue weighted by molar-refractivity contribution is 0.430. The van der Waals surface area contributed by atoms with Crippen LogP contribution in [-0.2, 0) is 0 Å². The van der Waals surface area contributed by atoms with Gasteiger partial charge in [-0.25, -0.2) is 4.39 Å². The topological polar surface area (TPSA) is 20.2 Å². The Morgan fingerprint density at radius 1 is 1.50 bits per heavy atom. The van der Waals surface area contributed by atoms with Gasteiger partial charge in [0.05, 0.1) is 9.50 Å². The molecule has 0 saturated carbocycles. The summed E-state index contributed by atoms with van der Waals surface area (Å²) in [6.07, 6.45) is 0. The Bertz CT molecular complexity index is 237. The lowest BCUT2D eigenvalue weighted by atomic mass is 10.3. The first-order valence-electron chi connectivity index (χ1n) is 2.45. The average molecular weight is 225 g/mol. The van der Waals surface area contributed by atoms with Crippen LogP contribution in [0.2, 0.25) is 5.02 Å². The Balaban J connectivity index is 3.34. The van der Waals surface area contributed by atoms with Gasteiger partial charge in [0.15, 0.2) is 11.6 Å². The van der Waals surface area contributed by atoms with Gasteiger partial charge in [-0.2, -0.15) is 0 Å². The van der Waals surface area contributed by atoms with Gasteiger partial charge < -0.3 is 5.11 Å². The van der Waals surface area contributed by atoms with Gasteiger partial charge in [0.2, 0.25) is 0 Å². The van der Waals surface area contributed by atoms with Crippen molar-refractivity contribution in [3.8, 4) is 5.75 Å². The van der Waals surface area contributed by atoms with Gasteiger partial charge in [-0.15, -0.1) is 0 Å². The molecule has 10 heavy (non-hydrogen) atoms.